The topological polar surface area (TPSA) is 79.0 Å². The van der Waals surface area contributed by atoms with Crippen molar-refractivity contribution in [2.45, 2.75) is 43.2 Å². The molecule has 3 aliphatic rings. The molecule has 0 aliphatic carbocycles. The molecule has 2 spiro atoms. The maximum atomic E-state index is 14.7. The van der Waals surface area contributed by atoms with Gasteiger partial charge in [-0.1, -0.05) is 78.9 Å². The Morgan fingerprint density at radius 1 is 0.868 bits per heavy atom. The van der Waals surface area contributed by atoms with Gasteiger partial charge in [0.05, 0.1) is 10.7 Å². The van der Waals surface area contributed by atoms with E-state index in [-0.39, 0.29) is 10.9 Å². The Kier molecular flexibility index (Phi) is 5.10. The van der Waals surface area contributed by atoms with E-state index >= 15 is 0 Å². The predicted molar refractivity (Wildman–Crippen MR) is 148 cm³/mol. The van der Waals surface area contributed by atoms with E-state index in [9.17, 15) is 14.4 Å². The molecular weight excluding hydrogens is 498 g/mol. The molecule has 7 nitrogen and oxygen atoms in total. The number of thiocarbonyl (C=S) groups is 1. The number of fused-ring (bicyclic) bond motifs is 4. The Balaban J connectivity index is 1.67. The minimum atomic E-state index is -1.52. The second kappa shape index (κ2) is 7.98. The summed E-state index contributed by atoms with van der Waals surface area (Å²) in [6, 6.07) is 24.1. The van der Waals surface area contributed by atoms with Crippen molar-refractivity contribution >= 4 is 46.5 Å². The van der Waals surface area contributed by atoms with Gasteiger partial charge < -0.3 is 15.0 Å². The zero-order valence-electron chi connectivity index (χ0n) is 21.5. The molecule has 0 bridgehead atoms. The molecule has 38 heavy (non-hydrogen) atoms. The Bertz CT molecular complexity index is 1530. The molecule has 0 unspecified atom stereocenters. The number of ether oxygens (including phenoxy) is 1. The summed E-state index contributed by atoms with van der Waals surface area (Å²) >= 11 is 6.02. The van der Waals surface area contributed by atoms with Crippen LogP contribution < -0.4 is 15.1 Å². The van der Waals surface area contributed by atoms with Crippen LogP contribution in [0.1, 0.15) is 43.4 Å². The van der Waals surface area contributed by atoms with Gasteiger partial charge >= 0.3 is 6.09 Å². The third-order valence-corrected chi connectivity index (χ3v) is 8.11. The Hall–Kier alpha value is -4.04. The van der Waals surface area contributed by atoms with E-state index in [0.717, 1.165) is 21.7 Å². The molecule has 3 aromatic rings. The van der Waals surface area contributed by atoms with Crippen molar-refractivity contribution in [3.8, 4) is 0 Å². The Morgan fingerprint density at radius 3 is 2.11 bits per heavy atom. The van der Waals surface area contributed by atoms with Crippen LogP contribution >= 0.6 is 12.2 Å². The van der Waals surface area contributed by atoms with Gasteiger partial charge in [0, 0.05) is 24.2 Å². The summed E-state index contributed by atoms with van der Waals surface area (Å²) < 4.78 is 5.67. The van der Waals surface area contributed by atoms with Gasteiger partial charge in [-0.25, -0.2) is 9.69 Å². The molecule has 8 heteroatoms. The summed E-state index contributed by atoms with van der Waals surface area (Å²) in [5, 5.41) is 3.37. The second-order valence-corrected chi connectivity index (χ2v) is 11.3. The van der Waals surface area contributed by atoms with Crippen LogP contribution in [-0.2, 0) is 25.3 Å². The lowest BCUT2D eigenvalue weighted by Crippen LogP contribution is -2.52. The maximum Gasteiger partial charge on any atom is 0.421 e. The van der Waals surface area contributed by atoms with E-state index < -0.39 is 34.5 Å². The van der Waals surface area contributed by atoms with Gasteiger partial charge in [-0.15, -0.1) is 0 Å². The van der Waals surface area contributed by atoms with Crippen LogP contribution in [0.15, 0.2) is 78.9 Å². The standard InChI is InChI=1S/C30H27N3O4S/c1-28(2,3)37-27(36)33-22-17-11-8-14-19(22)29(25(33)34)23(18-12-6-5-7-13-18)30(31-24(29)38)20-15-9-10-16-21(20)32(4)26(30)35/h5-17,23H,1-4H3,(H,31,38)/t23-,29-,30-/m0/s1. The second-order valence-electron chi connectivity index (χ2n) is 10.9. The molecular formula is C30H27N3O4S. The third kappa shape index (κ3) is 2.95. The van der Waals surface area contributed by atoms with Crippen molar-refractivity contribution in [2.24, 2.45) is 0 Å². The van der Waals surface area contributed by atoms with Crippen molar-refractivity contribution in [3.05, 3.63) is 95.6 Å². The van der Waals surface area contributed by atoms with Crippen LogP contribution in [0.4, 0.5) is 16.2 Å². The monoisotopic (exact) mass is 525 g/mol. The van der Waals surface area contributed by atoms with Crippen molar-refractivity contribution in [3.63, 3.8) is 0 Å². The van der Waals surface area contributed by atoms with Crippen LogP contribution in [-0.4, -0.2) is 35.5 Å². The summed E-state index contributed by atoms with van der Waals surface area (Å²) in [4.78, 5) is 45.4. The summed E-state index contributed by atoms with van der Waals surface area (Å²) in [6.07, 6.45) is -0.780. The quantitative estimate of drug-likeness (QED) is 0.460. The number of carbonyl (C=O) groups is 3. The van der Waals surface area contributed by atoms with Gasteiger partial charge in [0.25, 0.3) is 11.8 Å². The first-order valence-electron chi connectivity index (χ1n) is 12.5. The zero-order chi connectivity index (χ0) is 27.0. The van der Waals surface area contributed by atoms with Gasteiger partial charge in [0.15, 0.2) is 5.54 Å². The van der Waals surface area contributed by atoms with E-state index in [0.29, 0.717) is 11.3 Å². The van der Waals surface area contributed by atoms with Crippen LogP contribution in [0.25, 0.3) is 0 Å². The molecule has 3 aliphatic heterocycles. The molecule has 0 aromatic heterocycles. The Labute approximate surface area is 226 Å². The number of amides is 3. The van der Waals surface area contributed by atoms with Crippen LogP contribution in [0.2, 0.25) is 0 Å². The van der Waals surface area contributed by atoms with E-state index in [1.807, 2.05) is 66.7 Å². The molecule has 1 saturated heterocycles. The maximum absolute atomic E-state index is 14.7. The highest BCUT2D eigenvalue weighted by molar-refractivity contribution is 7.80. The van der Waals surface area contributed by atoms with Crippen molar-refractivity contribution in [1.82, 2.24) is 5.32 Å². The molecule has 3 heterocycles. The molecule has 3 atom stereocenters. The van der Waals surface area contributed by atoms with Crippen LogP contribution in [0.3, 0.4) is 0 Å². The Morgan fingerprint density at radius 2 is 1.45 bits per heavy atom. The largest absolute Gasteiger partial charge is 0.443 e. The fourth-order valence-electron chi connectivity index (χ4n) is 6.33. The number of likely N-dealkylation sites (N-methyl/N-ethyl adjacent to an activating group) is 1. The zero-order valence-corrected chi connectivity index (χ0v) is 22.3. The van der Waals surface area contributed by atoms with Crippen LogP contribution in [0.5, 0.6) is 0 Å². The molecule has 3 aromatic carbocycles. The van der Waals surface area contributed by atoms with E-state index in [2.05, 4.69) is 5.32 Å². The molecule has 6 rings (SSSR count). The lowest BCUT2D eigenvalue weighted by Gasteiger charge is -2.36. The number of rotatable bonds is 1. The summed E-state index contributed by atoms with van der Waals surface area (Å²) in [5.41, 5.74) is -0.476. The first kappa shape index (κ1) is 24.3. The van der Waals surface area contributed by atoms with Gasteiger partial charge in [-0.3, -0.25) is 9.59 Å². The number of nitrogens with zero attached hydrogens (tertiary/aromatic N) is 2. The van der Waals surface area contributed by atoms with Gasteiger partial charge in [-0.05, 0) is 44.0 Å². The van der Waals surface area contributed by atoms with Crippen molar-refractivity contribution < 1.29 is 19.1 Å². The molecule has 0 saturated carbocycles. The highest BCUT2D eigenvalue weighted by Gasteiger charge is 2.74. The minimum Gasteiger partial charge on any atom is -0.443 e. The minimum absolute atomic E-state index is 0.202. The molecule has 0 radical (unpaired) electrons. The van der Waals surface area contributed by atoms with E-state index in [4.69, 9.17) is 17.0 Å². The SMILES string of the molecule is CN1C(=O)[C@]2(NC(=S)[C@@]3(C(=O)N(C(=O)OC(C)(C)C)c4ccccc43)[C@@H]2c2ccccc2)c2ccccc21. The highest BCUT2D eigenvalue weighted by atomic mass is 32.1. The highest BCUT2D eigenvalue weighted by Crippen LogP contribution is 2.63. The fraction of sp³-hybridized carbons (Fsp3) is 0.267. The molecule has 3 amide bonds. The molecule has 1 fully saturated rings. The first-order chi connectivity index (χ1) is 18.0. The van der Waals surface area contributed by atoms with Crippen molar-refractivity contribution in [2.75, 3.05) is 16.8 Å². The first-order valence-corrected chi connectivity index (χ1v) is 12.9. The number of para-hydroxylation sites is 2. The lowest BCUT2D eigenvalue weighted by atomic mass is 9.62. The van der Waals surface area contributed by atoms with Gasteiger partial charge in [0.1, 0.15) is 11.0 Å². The number of carbonyl (C=O) groups excluding carboxylic acids is 3. The van der Waals surface area contributed by atoms with E-state index in [1.54, 1.807) is 44.9 Å². The van der Waals surface area contributed by atoms with E-state index in [1.165, 1.54) is 0 Å². The number of anilines is 2. The number of hydrogen-bond acceptors (Lipinski definition) is 5. The number of hydrogen-bond donors (Lipinski definition) is 1. The summed E-state index contributed by atoms with van der Waals surface area (Å²) in [7, 11) is 1.73. The normalized spacial score (nSPS) is 25.7. The number of imide groups is 1. The smallest absolute Gasteiger partial charge is 0.421 e. The van der Waals surface area contributed by atoms with Crippen LogP contribution in [0, 0.1) is 0 Å². The lowest BCUT2D eigenvalue weighted by molar-refractivity contribution is -0.125. The fourth-order valence-corrected chi connectivity index (χ4v) is 6.81. The number of benzene rings is 3. The summed E-state index contributed by atoms with van der Waals surface area (Å²) in [6.45, 7) is 5.25. The third-order valence-electron chi connectivity index (χ3n) is 7.69. The number of nitrogens with one attached hydrogen (secondary N) is 1. The average molecular weight is 526 g/mol. The average Bonchev–Trinajstić information content (AvgIpc) is 3.40. The summed E-state index contributed by atoms with van der Waals surface area (Å²) in [5.74, 6) is -1.52. The van der Waals surface area contributed by atoms with Crippen molar-refractivity contribution in [1.29, 1.82) is 0 Å². The molecule has 192 valence electrons. The predicted octanol–water partition coefficient (Wildman–Crippen LogP) is 4.79. The van der Waals surface area contributed by atoms with Gasteiger partial charge in [-0.2, -0.15) is 0 Å². The molecule has 1 N–H and O–H groups in total. The van der Waals surface area contributed by atoms with Gasteiger partial charge in [0.2, 0.25) is 0 Å².